The molecule has 4 nitrogen and oxygen atoms in total. The Bertz CT molecular complexity index is 391. The molecule has 0 saturated carbocycles. The van der Waals surface area contributed by atoms with Crippen LogP contribution in [-0.4, -0.2) is 31.8 Å². The molecule has 0 amide bonds. The Morgan fingerprint density at radius 3 is 1.33 bits per heavy atom. The van der Waals surface area contributed by atoms with Crippen LogP contribution >= 0.6 is 0 Å². The molecule has 158 valence electrons. The fourth-order valence-corrected chi connectivity index (χ4v) is 4.32. The van der Waals surface area contributed by atoms with Crippen molar-refractivity contribution in [3.05, 3.63) is 0 Å². The molecule has 0 aliphatic carbocycles. The molecule has 6 heteroatoms. The van der Waals surface area contributed by atoms with Gasteiger partial charge in [-0.1, -0.05) is 110 Å². The molecule has 1 atom stereocenters. The van der Waals surface area contributed by atoms with Crippen LogP contribution in [0.4, 0.5) is 0 Å². The van der Waals surface area contributed by atoms with Crippen molar-refractivity contribution in [3.8, 4) is 0 Å². The number of rotatable bonds is 20. The van der Waals surface area contributed by atoms with Gasteiger partial charge >= 0.3 is 29.6 Å². The second-order valence-corrected chi connectivity index (χ2v) is 9.42. The van der Waals surface area contributed by atoms with Crippen LogP contribution in [0.1, 0.15) is 116 Å². The Kier molecular flexibility index (Phi) is 24.0. The average molecular weight is 414 g/mol. The van der Waals surface area contributed by atoms with Crippen molar-refractivity contribution in [2.75, 3.05) is 13.6 Å². The zero-order chi connectivity index (χ0) is 19.5. The second-order valence-electron chi connectivity index (χ2n) is 7.76. The van der Waals surface area contributed by atoms with E-state index in [1.54, 1.807) is 7.05 Å². The van der Waals surface area contributed by atoms with Crippen molar-refractivity contribution >= 4 is 10.1 Å². The van der Waals surface area contributed by atoms with Gasteiger partial charge in [0, 0.05) is 6.54 Å². The summed E-state index contributed by atoms with van der Waals surface area (Å²) in [5.41, 5.74) is 0. The summed E-state index contributed by atoms with van der Waals surface area (Å²) in [5.74, 6) is 0. The third-order valence-corrected chi connectivity index (χ3v) is 6.44. The minimum Gasteiger partial charge on any atom is -0.748 e. The summed E-state index contributed by atoms with van der Waals surface area (Å²) in [4.78, 5) is 0. The van der Waals surface area contributed by atoms with E-state index >= 15 is 0 Å². The van der Waals surface area contributed by atoms with E-state index in [9.17, 15) is 13.0 Å². The van der Waals surface area contributed by atoms with Gasteiger partial charge in [0.15, 0.2) is 0 Å². The first-order valence-corrected chi connectivity index (χ1v) is 12.6. The largest absolute Gasteiger partial charge is 1.00 e. The average Bonchev–Trinajstić information content (AvgIpc) is 2.59. The topological polar surface area (TPSA) is 69.2 Å². The third-order valence-electron chi connectivity index (χ3n) is 5.22. The quantitative estimate of drug-likeness (QED) is 0.189. The molecule has 0 spiro atoms. The van der Waals surface area contributed by atoms with Crippen LogP contribution in [0, 0.1) is 0 Å². The molecule has 0 radical (unpaired) electrons. The first kappa shape index (κ1) is 30.1. The van der Waals surface area contributed by atoms with Crippen molar-refractivity contribution in [3.63, 3.8) is 0 Å². The molecule has 0 saturated heterocycles. The molecule has 0 bridgehead atoms. The molecule has 0 aliphatic heterocycles. The number of unbranched alkanes of at least 4 members (excludes halogenated alkanes) is 15. The molecule has 27 heavy (non-hydrogen) atoms. The number of hydrogen-bond acceptors (Lipinski definition) is 4. The molecular weight excluding hydrogens is 369 g/mol. The summed E-state index contributed by atoms with van der Waals surface area (Å²) in [6.07, 6.45) is 21.3. The van der Waals surface area contributed by atoms with Crippen molar-refractivity contribution in [2.45, 2.75) is 121 Å². The summed E-state index contributed by atoms with van der Waals surface area (Å²) >= 11 is 0. The minimum absolute atomic E-state index is 0. The number of hydrogen-bond donors (Lipinski definition) is 1. The summed E-state index contributed by atoms with van der Waals surface area (Å²) in [6, 6.07) is 0. The Labute approximate surface area is 192 Å². The summed E-state index contributed by atoms with van der Waals surface area (Å²) < 4.78 is 33.4. The molecule has 0 fully saturated rings. The van der Waals surface area contributed by atoms with Gasteiger partial charge in [-0.25, -0.2) is 8.42 Å². The smallest absolute Gasteiger partial charge is 0.748 e. The number of nitrogens with one attached hydrogen (secondary N) is 1. The van der Waals surface area contributed by atoms with Gasteiger partial charge in [-0.15, -0.1) is 0 Å². The fourth-order valence-electron chi connectivity index (χ4n) is 3.50. The van der Waals surface area contributed by atoms with Gasteiger partial charge in [-0.3, -0.25) is 0 Å². The maximum absolute atomic E-state index is 11.1. The molecule has 0 aromatic heterocycles. The zero-order valence-corrected chi connectivity index (χ0v) is 21.3. The fraction of sp³-hybridized carbons (Fsp3) is 1.00. The van der Waals surface area contributed by atoms with E-state index < -0.39 is 15.4 Å². The van der Waals surface area contributed by atoms with Crippen LogP contribution in [-0.2, 0) is 10.1 Å². The van der Waals surface area contributed by atoms with E-state index in [0.717, 1.165) is 19.3 Å². The van der Waals surface area contributed by atoms with E-state index in [2.05, 4.69) is 12.2 Å². The SMILES string of the molecule is CCCCCCCCCCCCCCCCCCC(CNC)S(=O)(=O)[O-].[Na+]. The molecule has 0 heterocycles. The Balaban J connectivity index is 0. The molecular formula is C21H44NNaO3S. The van der Waals surface area contributed by atoms with E-state index in [-0.39, 0.29) is 36.1 Å². The van der Waals surface area contributed by atoms with Gasteiger partial charge in [0.1, 0.15) is 0 Å². The molecule has 0 rings (SSSR count). The third kappa shape index (κ3) is 21.4. The molecule has 0 aromatic carbocycles. The minimum atomic E-state index is -4.16. The van der Waals surface area contributed by atoms with Gasteiger partial charge in [0.2, 0.25) is 0 Å². The predicted molar refractivity (Wildman–Crippen MR) is 112 cm³/mol. The summed E-state index contributed by atoms with van der Waals surface area (Å²) in [6.45, 7) is 2.53. The van der Waals surface area contributed by atoms with Crippen LogP contribution in [0.3, 0.4) is 0 Å². The van der Waals surface area contributed by atoms with Gasteiger partial charge in [-0.05, 0) is 13.5 Å². The van der Waals surface area contributed by atoms with E-state index in [4.69, 9.17) is 0 Å². The monoisotopic (exact) mass is 413 g/mol. The van der Waals surface area contributed by atoms with Crippen molar-refractivity contribution in [1.82, 2.24) is 5.32 Å². The second kappa shape index (κ2) is 21.6. The van der Waals surface area contributed by atoms with Gasteiger partial charge in [0.25, 0.3) is 0 Å². The van der Waals surface area contributed by atoms with Crippen LogP contribution in [0.15, 0.2) is 0 Å². The Morgan fingerprint density at radius 1 is 0.704 bits per heavy atom. The molecule has 1 unspecified atom stereocenters. The maximum atomic E-state index is 11.1. The first-order valence-electron chi connectivity index (χ1n) is 11.1. The maximum Gasteiger partial charge on any atom is 1.00 e. The molecule has 0 aliphatic rings. The van der Waals surface area contributed by atoms with E-state index in [1.807, 2.05) is 0 Å². The van der Waals surface area contributed by atoms with E-state index in [1.165, 1.54) is 83.5 Å². The van der Waals surface area contributed by atoms with Crippen LogP contribution < -0.4 is 34.9 Å². The Morgan fingerprint density at radius 2 is 1.04 bits per heavy atom. The predicted octanol–water partition coefficient (Wildman–Crippen LogP) is 2.78. The standard InChI is InChI=1S/C21H45NO3S.Na/c1-3-4-5-6-7-8-9-10-11-12-13-14-15-16-17-18-19-21(20-22-2)26(23,24)25;/h21-22H,3-20H2,1-2H3,(H,23,24,25);/q;+1/p-1. The van der Waals surface area contributed by atoms with Crippen molar-refractivity contribution in [1.29, 1.82) is 0 Å². The summed E-state index contributed by atoms with van der Waals surface area (Å²) in [5, 5.41) is 2.04. The normalized spacial score (nSPS) is 12.7. The Hall–Kier alpha value is 0.870. The van der Waals surface area contributed by atoms with E-state index in [0.29, 0.717) is 6.42 Å². The van der Waals surface area contributed by atoms with Gasteiger partial charge < -0.3 is 9.87 Å². The molecule has 1 N–H and O–H groups in total. The summed E-state index contributed by atoms with van der Waals surface area (Å²) in [7, 11) is -2.47. The molecule has 0 aromatic rings. The van der Waals surface area contributed by atoms with Crippen molar-refractivity contribution in [2.24, 2.45) is 0 Å². The van der Waals surface area contributed by atoms with Gasteiger partial charge in [-0.2, -0.15) is 0 Å². The zero-order valence-electron chi connectivity index (χ0n) is 18.4. The van der Waals surface area contributed by atoms with Crippen LogP contribution in [0.5, 0.6) is 0 Å². The van der Waals surface area contributed by atoms with Crippen LogP contribution in [0.25, 0.3) is 0 Å². The van der Waals surface area contributed by atoms with Crippen LogP contribution in [0.2, 0.25) is 0 Å². The van der Waals surface area contributed by atoms with Gasteiger partial charge in [0.05, 0.1) is 15.4 Å². The first-order chi connectivity index (χ1) is 12.5. The van der Waals surface area contributed by atoms with Crippen molar-refractivity contribution < 1.29 is 42.5 Å².